The van der Waals surface area contributed by atoms with E-state index < -0.39 is 0 Å². The van der Waals surface area contributed by atoms with Crippen molar-refractivity contribution in [3.63, 3.8) is 0 Å². The minimum atomic E-state index is 0.213. The van der Waals surface area contributed by atoms with Gasteiger partial charge in [-0.25, -0.2) is 0 Å². The number of nitrogens with zero attached hydrogens (tertiary/aromatic N) is 4. The first-order valence-corrected chi connectivity index (χ1v) is 5.82. The molecule has 1 aromatic heterocycles. The van der Waals surface area contributed by atoms with E-state index in [1.54, 1.807) is 0 Å². The molecule has 1 aromatic rings. The Hall–Kier alpha value is -0.940. The Morgan fingerprint density at radius 2 is 2.19 bits per heavy atom. The molecule has 5 heteroatoms. The Kier molecular flexibility index (Phi) is 3.25. The van der Waals surface area contributed by atoms with Gasteiger partial charge in [0.1, 0.15) is 0 Å². The molecule has 1 aliphatic heterocycles. The highest BCUT2D eigenvalue weighted by atomic mass is 16.5. The summed E-state index contributed by atoms with van der Waals surface area (Å²) in [4.78, 5) is 9.08. The van der Waals surface area contributed by atoms with Crippen molar-refractivity contribution in [3.05, 3.63) is 11.7 Å². The molecule has 0 bridgehead atoms. The van der Waals surface area contributed by atoms with Gasteiger partial charge in [-0.05, 0) is 27.8 Å². The van der Waals surface area contributed by atoms with Crippen LogP contribution in [0.1, 0.15) is 31.6 Å². The molecular weight excluding hydrogens is 204 g/mol. The zero-order valence-electron chi connectivity index (χ0n) is 10.5. The number of hydrogen-bond acceptors (Lipinski definition) is 5. The van der Waals surface area contributed by atoms with Gasteiger partial charge in [-0.2, -0.15) is 4.98 Å². The molecule has 5 nitrogen and oxygen atoms in total. The molecule has 1 fully saturated rings. The maximum atomic E-state index is 5.24. The summed E-state index contributed by atoms with van der Waals surface area (Å²) in [5.74, 6) is 1.44. The van der Waals surface area contributed by atoms with Crippen LogP contribution >= 0.6 is 0 Å². The van der Waals surface area contributed by atoms with E-state index in [1.165, 1.54) is 0 Å². The van der Waals surface area contributed by atoms with E-state index in [2.05, 4.69) is 40.8 Å². The van der Waals surface area contributed by atoms with Gasteiger partial charge < -0.3 is 9.42 Å². The predicted octanol–water partition coefficient (Wildman–Crippen LogP) is 1.07. The summed E-state index contributed by atoms with van der Waals surface area (Å²) in [6, 6.07) is 0.742. The van der Waals surface area contributed by atoms with E-state index in [-0.39, 0.29) is 6.04 Å². The Morgan fingerprint density at radius 1 is 1.44 bits per heavy atom. The summed E-state index contributed by atoms with van der Waals surface area (Å²) in [6.07, 6.45) is 0. The summed E-state index contributed by atoms with van der Waals surface area (Å²) in [7, 11) is 2.16. The molecule has 0 amide bonds. The van der Waals surface area contributed by atoms with Gasteiger partial charge in [-0.15, -0.1) is 0 Å². The lowest BCUT2D eigenvalue weighted by molar-refractivity contribution is 0.0545. The minimum absolute atomic E-state index is 0.213. The van der Waals surface area contributed by atoms with Crippen LogP contribution in [0.25, 0.3) is 0 Å². The van der Waals surface area contributed by atoms with Crippen LogP contribution in [0.15, 0.2) is 4.52 Å². The van der Waals surface area contributed by atoms with E-state index in [1.807, 2.05) is 6.92 Å². The van der Waals surface area contributed by atoms with Crippen molar-refractivity contribution >= 4 is 0 Å². The molecule has 0 aliphatic carbocycles. The summed E-state index contributed by atoms with van der Waals surface area (Å²) in [5.41, 5.74) is 0. The third-order valence-electron chi connectivity index (χ3n) is 3.28. The topological polar surface area (TPSA) is 45.4 Å². The second kappa shape index (κ2) is 4.51. The maximum absolute atomic E-state index is 5.24. The summed E-state index contributed by atoms with van der Waals surface area (Å²) in [5, 5.41) is 3.85. The van der Waals surface area contributed by atoms with Crippen LogP contribution in [-0.4, -0.2) is 52.7 Å². The highest BCUT2D eigenvalue weighted by molar-refractivity contribution is 4.93. The highest BCUT2D eigenvalue weighted by Crippen LogP contribution is 2.23. The average Bonchev–Trinajstić information content (AvgIpc) is 2.64. The van der Waals surface area contributed by atoms with Gasteiger partial charge in [-0.1, -0.05) is 5.16 Å². The summed E-state index contributed by atoms with van der Waals surface area (Å²) < 4.78 is 5.24. The third-order valence-corrected chi connectivity index (χ3v) is 3.28. The van der Waals surface area contributed by atoms with Crippen LogP contribution in [0.2, 0.25) is 0 Å². The van der Waals surface area contributed by atoms with Crippen LogP contribution in [0.5, 0.6) is 0 Å². The lowest BCUT2D eigenvalue weighted by atomic mass is 10.1. The molecule has 2 rings (SSSR count). The van der Waals surface area contributed by atoms with Gasteiger partial charge in [0.05, 0.1) is 6.04 Å². The Labute approximate surface area is 96.4 Å². The fourth-order valence-electron chi connectivity index (χ4n) is 2.35. The predicted molar refractivity (Wildman–Crippen MR) is 61.1 cm³/mol. The molecule has 2 heterocycles. The van der Waals surface area contributed by atoms with E-state index in [0.717, 1.165) is 25.5 Å². The van der Waals surface area contributed by atoms with Crippen LogP contribution in [0.4, 0.5) is 0 Å². The number of likely N-dealkylation sites (N-methyl/N-ethyl adjacent to an activating group) is 1. The monoisotopic (exact) mass is 224 g/mol. The number of rotatable bonds is 2. The van der Waals surface area contributed by atoms with Crippen molar-refractivity contribution < 1.29 is 4.52 Å². The number of hydrogen-bond donors (Lipinski definition) is 0. The van der Waals surface area contributed by atoms with Crippen LogP contribution in [0, 0.1) is 6.92 Å². The van der Waals surface area contributed by atoms with Crippen molar-refractivity contribution in [2.45, 2.75) is 32.9 Å². The van der Waals surface area contributed by atoms with E-state index in [0.29, 0.717) is 11.9 Å². The van der Waals surface area contributed by atoms with Gasteiger partial charge in [0.25, 0.3) is 0 Å². The Bertz CT molecular complexity index is 352. The normalized spacial score (nSPS) is 25.9. The van der Waals surface area contributed by atoms with Crippen LogP contribution in [0.3, 0.4) is 0 Å². The van der Waals surface area contributed by atoms with Crippen LogP contribution in [-0.2, 0) is 0 Å². The first-order valence-electron chi connectivity index (χ1n) is 5.82. The number of aryl methyl sites for hydroxylation is 1. The molecule has 0 aromatic carbocycles. The molecule has 16 heavy (non-hydrogen) atoms. The largest absolute Gasteiger partial charge is 0.338 e. The van der Waals surface area contributed by atoms with Gasteiger partial charge in [-0.3, -0.25) is 4.90 Å². The fraction of sp³-hybridized carbons (Fsp3) is 0.818. The quantitative estimate of drug-likeness (QED) is 0.752. The zero-order valence-corrected chi connectivity index (χ0v) is 10.5. The molecule has 1 saturated heterocycles. The molecule has 1 aliphatic rings. The average molecular weight is 224 g/mol. The van der Waals surface area contributed by atoms with E-state index >= 15 is 0 Å². The second-order valence-corrected chi connectivity index (χ2v) is 4.70. The first-order chi connectivity index (χ1) is 7.58. The van der Waals surface area contributed by atoms with Gasteiger partial charge in [0.2, 0.25) is 5.89 Å². The minimum Gasteiger partial charge on any atom is -0.338 e. The maximum Gasteiger partial charge on any atom is 0.243 e. The summed E-state index contributed by atoms with van der Waals surface area (Å²) >= 11 is 0. The van der Waals surface area contributed by atoms with E-state index in [4.69, 9.17) is 4.52 Å². The third kappa shape index (κ3) is 2.25. The lowest BCUT2D eigenvalue weighted by Gasteiger charge is -2.40. The second-order valence-electron chi connectivity index (χ2n) is 4.70. The number of piperazine rings is 1. The van der Waals surface area contributed by atoms with Crippen molar-refractivity contribution in [1.82, 2.24) is 19.9 Å². The molecule has 0 spiro atoms. The highest BCUT2D eigenvalue weighted by Gasteiger charge is 2.29. The molecule has 0 unspecified atom stereocenters. The lowest BCUT2D eigenvalue weighted by Crippen LogP contribution is -2.51. The molecule has 2 atom stereocenters. The van der Waals surface area contributed by atoms with Crippen molar-refractivity contribution in [2.24, 2.45) is 0 Å². The zero-order chi connectivity index (χ0) is 11.7. The SMILES string of the molecule is Cc1noc([C@H](C)N2CCN(C)C[C@@H]2C)n1. The van der Waals surface area contributed by atoms with Crippen molar-refractivity contribution in [1.29, 1.82) is 0 Å². The standard InChI is InChI=1S/C11H20N4O/c1-8-7-14(4)5-6-15(8)9(2)11-12-10(3)13-16-11/h8-9H,5-7H2,1-4H3/t8-,9-/m0/s1. The fourth-order valence-corrected chi connectivity index (χ4v) is 2.35. The van der Waals surface area contributed by atoms with Gasteiger partial charge >= 0.3 is 0 Å². The molecule has 0 radical (unpaired) electrons. The van der Waals surface area contributed by atoms with E-state index in [9.17, 15) is 0 Å². The molecule has 90 valence electrons. The molecule has 0 saturated carbocycles. The van der Waals surface area contributed by atoms with Gasteiger partial charge in [0.15, 0.2) is 5.82 Å². The van der Waals surface area contributed by atoms with Crippen molar-refractivity contribution in [2.75, 3.05) is 26.7 Å². The first kappa shape index (κ1) is 11.5. The Morgan fingerprint density at radius 3 is 2.75 bits per heavy atom. The Balaban J connectivity index is 2.07. The van der Waals surface area contributed by atoms with Crippen LogP contribution < -0.4 is 0 Å². The molecular formula is C11H20N4O. The summed E-state index contributed by atoms with van der Waals surface area (Å²) in [6.45, 7) is 9.48. The van der Waals surface area contributed by atoms with Gasteiger partial charge in [0, 0.05) is 25.7 Å². The van der Waals surface area contributed by atoms with Crippen molar-refractivity contribution in [3.8, 4) is 0 Å². The smallest absolute Gasteiger partial charge is 0.243 e. The molecule has 0 N–H and O–H groups in total. The number of aromatic nitrogens is 2.